The Labute approximate surface area is 134 Å². The van der Waals surface area contributed by atoms with Gasteiger partial charge >= 0.3 is 0 Å². The van der Waals surface area contributed by atoms with Gasteiger partial charge in [0, 0.05) is 23.2 Å². The minimum atomic E-state index is -0.301. The Morgan fingerprint density at radius 3 is 3.05 bits per heavy atom. The largest absolute Gasteiger partial charge is 0.398 e. The van der Waals surface area contributed by atoms with E-state index >= 15 is 0 Å². The number of amides is 1. The number of nitrogens with two attached hydrogens (primary N) is 1. The van der Waals surface area contributed by atoms with Gasteiger partial charge in [0.25, 0.3) is 0 Å². The average Bonchev–Trinajstić information content (AvgIpc) is 2.48. The summed E-state index contributed by atoms with van der Waals surface area (Å²) < 4.78 is 6.39. The quantitative estimate of drug-likeness (QED) is 0.811. The summed E-state index contributed by atoms with van der Waals surface area (Å²) >= 11 is 3.55. The smallest absolute Gasteiger partial charge is 0.245 e. The van der Waals surface area contributed by atoms with E-state index in [0.717, 1.165) is 27.8 Å². The predicted molar refractivity (Wildman–Crippen MR) is 88.5 cm³/mol. The maximum atomic E-state index is 12.3. The Kier molecular flexibility index (Phi) is 5.47. The highest BCUT2D eigenvalue weighted by molar-refractivity contribution is 9.10. The molecule has 1 aliphatic rings. The van der Waals surface area contributed by atoms with Crippen molar-refractivity contribution in [3.05, 3.63) is 22.2 Å². The summed E-state index contributed by atoms with van der Waals surface area (Å²) in [4.78, 5) is 14.4. The molecular weight excluding hydrogens is 334 g/mol. The molecule has 1 unspecified atom stereocenters. The van der Waals surface area contributed by atoms with E-state index in [-0.39, 0.29) is 11.9 Å². The third-order valence-electron chi connectivity index (χ3n) is 3.63. The Bertz CT molecular complexity index is 522. The monoisotopic (exact) mass is 355 g/mol. The molecule has 1 fully saturated rings. The van der Waals surface area contributed by atoms with Crippen LogP contribution in [0.15, 0.2) is 16.6 Å². The second-order valence-electron chi connectivity index (χ2n) is 5.24. The molecule has 1 heterocycles. The number of morpholine rings is 1. The second-order valence-corrected chi connectivity index (χ2v) is 6.09. The van der Waals surface area contributed by atoms with Crippen molar-refractivity contribution in [1.82, 2.24) is 5.32 Å². The molecule has 2 rings (SSSR count). The molecule has 3 N–H and O–H groups in total. The van der Waals surface area contributed by atoms with Gasteiger partial charge in [-0.25, -0.2) is 0 Å². The fourth-order valence-corrected chi connectivity index (χ4v) is 2.97. The zero-order valence-corrected chi connectivity index (χ0v) is 14.1. The van der Waals surface area contributed by atoms with E-state index in [1.54, 1.807) is 0 Å². The molecule has 5 nitrogen and oxygen atoms in total. The highest BCUT2D eigenvalue weighted by Crippen LogP contribution is 2.32. The fraction of sp³-hybridized carbons (Fsp3) is 0.533. The average molecular weight is 356 g/mol. The lowest BCUT2D eigenvalue weighted by molar-refractivity contribution is -0.124. The third-order valence-corrected chi connectivity index (χ3v) is 4.26. The van der Waals surface area contributed by atoms with Gasteiger partial charge in [0.15, 0.2) is 0 Å². The first kappa shape index (κ1) is 16.1. The summed E-state index contributed by atoms with van der Waals surface area (Å²) in [5.74, 6) is 0.0120. The molecule has 1 aromatic rings. The number of benzene rings is 1. The summed E-state index contributed by atoms with van der Waals surface area (Å²) in [5, 5.41) is 2.95. The van der Waals surface area contributed by atoms with E-state index in [0.29, 0.717) is 26.3 Å². The van der Waals surface area contributed by atoms with Crippen molar-refractivity contribution in [2.24, 2.45) is 0 Å². The van der Waals surface area contributed by atoms with E-state index in [2.05, 4.69) is 26.1 Å². The molecule has 0 aromatic heterocycles. The lowest BCUT2D eigenvalue weighted by atomic mass is 10.1. The highest BCUT2D eigenvalue weighted by atomic mass is 79.9. The summed E-state index contributed by atoms with van der Waals surface area (Å²) in [6, 6.07) is 3.61. The van der Waals surface area contributed by atoms with Crippen LogP contribution in [0.2, 0.25) is 0 Å². The Balaban J connectivity index is 2.26. The lowest BCUT2D eigenvalue weighted by Crippen LogP contribution is -2.54. The molecule has 1 saturated heterocycles. The number of ether oxygens (including phenoxy) is 1. The topological polar surface area (TPSA) is 67.6 Å². The molecule has 21 heavy (non-hydrogen) atoms. The van der Waals surface area contributed by atoms with Gasteiger partial charge < -0.3 is 20.7 Å². The maximum absolute atomic E-state index is 12.3. The third kappa shape index (κ3) is 3.68. The number of nitrogen functional groups attached to an aromatic ring is 1. The molecular formula is C15H22BrN3O2. The van der Waals surface area contributed by atoms with Crippen molar-refractivity contribution in [3.8, 4) is 0 Å². The van der Waals surface area contributed by atoms with Crippen LogP contribution in [0.1, 0.15) is 18.9 Å². The van der Waals surface area contributed by atoms with Gasteiger partial charge in [-0.3, -0.25) is 4.79 Å². The summed E-state index contributed by atoms with van der Waals surface area (Å²) in [7, 11) is 0. The van der Waals surface area contributed by atoms with Gasteiger partial charge in [-0.15, -0.1) is 0 Å². The standard InChI is InChI=1S/C15H22BrN3O2/c1-3-4-18-15(20)14-9-21-6-5-19(14)13-7-10(2)12(17)8-11(13)16/h7-8,14H,3-6,9,17H2,1-2H3,(H,18,20). The number of hydrogen-bond acceptors (Lipinski definition) is 4. The van der Waals surface area contributed by atoms with Gasteiger partial charge in [0.05, 0.1) is 18.9 Å². The molecule has 1 amide bonds. The van der Waals surface area contributed by atoms with Crippen LogP contribution in [-0.2, 0) is 9.53 Å². The van der Waals surface area contributed by atoms with Crippen LogP contribution >= 0.6 is 15.9 Å². The number of anilines is 2. The lowest BCUT2D eigenvalue weighted by Gasteiger charge is -2.37. The van der Waals surface area contributed by atoms with Crippen molar-refractivity contribution >= 4 is 33.2 Å². The van der Waals surface area contributed by atoms with Crippen molar-refractivity contribution in [2.45, 2.75) is 26.3 Å². The predicted octanol–water partition coefficient (Wildman–Crippen LogP) is 2.07. The number of carbonyl (C=O) groups is 1. The van der Waals surface area contributed by atoms with Crippen LogP contribution in [0.5, 0.6) is 0 Å². The Morgan fingerprint density at radius 2 is 2.33 bits per heavy atom. The van der Waals surface area contributed by atoms with E-state index in [1.807, 2.05) is 26.0 Å². The van der Waals surface area contributed by atoms with Crippen LogP contribution in [0, 0.1) is 6.92 Å². The summed E-state index contributed by atoms with van der Waals surface area (Å²) in [5.41, 5.74) is 8.66. The van der Waals surface area contributed by atoms with Gasteiger partial charge in [-0.2, -0.15) is 0 Å². The maximum Gasteiger partial charge on any atom is 0.245 e. The number of nitrogens with zero attached hydrogens (tertiary/aromatic N) is 1. The van der Waals surface area contributed by atoms with E-state index in [4.69, 9.17) is 10.5 Å². The first-order chi connectivity index (χ1) is 10.0. The summed E-state index contributed by atoms with van der Waals surface area (Å²) in [6.07, 6.45) is 0.921. The minimum Gasteiger partial charge on any atom is -0.398 e. The van der Waals surface area contributed by atoms with Crippen LogP contribution in [0.25, 0.3) is 0 Å². The Hall–Kier alpha value is -1.27. The SMILES string of the molecule is CCCNC(=O)C1COCCN1c1cc(C)c(N)cc1Br. The summed E-state index contributed by atoms with van der Waals surface area (Å²) in [6.45, 7) is 6.41. The molecule has 1 atom stereocenters. The molecule has 0 radical (unpaired) electrons. The zero-order valence-electron chi connectivity index (χ0n) is 12.5. The molecule has 0 bridgehead atoms. The van der Waals surface area contributed by atoms with Gasteiger partial charge in [-0.05, 0) is 47.0 Å². The fourth-order valence-electron chi connectivity index (χ4n) is 2.38. The molecule has 0 saturated carbocycles. The second kappa shape index (κ2) is 7.13. The minimum absolute atomic E-state index is 0.0120. The van der Waals surface area contributed by atoms with Crippen molar-refractivity contribution < 1.29 is 9.53 Å². The van der Waals surface area contributed by atoms with Crippen molar-refractivity contribution in [2.75, 3.05) is 36.9 Å². The molecule has 0 spiro atoms. The zero-order chi connectivity index (χ0) is 15.4. The van der Waals surface area contributed by atoms with Crippen molar-refractivity contribution in [3.63, 3.8) is 0 Å². The van der Waals surface area contributed by atoms with Crippen LogP contribution in [0.4, 0.5) is 11.4 Å². The first-order valence-electron chi connectivity index (χ1n) is 7.22. The van der Waals surface area contributed by atoms with Crippen molar-refractivity contribution in [1.29, 1.82) is 0 Å². The van der Waals surface area contributed by atoms with Crippen LogP contribution in [0.3, 0.4) is 0 Å². The molecule has 6 heteroatoms. The van der Waals surface area contributed by atoms with E-state index in [1.165, 1.54) is 0 Å². The number of nitrogens with one attached hydrogen (secondary N) is 1. The first-order valence-corrected chi connectivity index (χ1v) is 8.01. The number of halogens is 1. The van der Waals surface area contributed by atoms with Crippen LogP contribution < -0.4 is 16.0 Å². The number of carbonyl (C=O) groups excluding carboxylic acids is 1. The van der Waals surface area contributed by atoms with E-state index in [9.17, 15) is 4.79 Å². The van der Waals surface area contributed by atoms with Gasteiger partial charge in [-0.1, -0.05) is 6.92 Å². The van der Waals surface area contributed by atoms with Crippen LogP contribution in [-0.4, -0.2) is 38.3 Å². The molecule has 1 aromatic carbocycles. The molecule has 1 aliphatic heterocycles. The number of rotatable bonds is 4. The highest BCUT2D eigenvalue weighted by Gasteiger charge is 2.30. The molecule has 0 aliphatic carbocycles. The molecule has 116 valence electrons. The van der Waals surface area contributed by atoms with E-state index < -0.39 is 0 Å². The number of hydrogen-bond donors (Lipinski definition) is 2. The van der Waals surface area contributed by atoms with Gasteiger partial charge in [0.2, 0.25) is 5.91 Å². The number of aryl methyl sites for hydroxylation is 1. The Morgan fingerprint density at radius 1 is 1.57 bits per heavy atom. The normalized spacial score (nSPS) is 18.6. The van der Waals surface area contributed by atoms with Gasteiger partial charge in [0.1, 0.15) is 6.04 Å².